The summed E-state index contributed by atoms with van der Waals surface area (Å²) in [6.45, 7) is 0. The summed E-state index contributed by atoms with van der Waals surface area (Å²) < 4.78 is 8.49. The van der Waals surface area contributed by atoms with E-state index in [1.54, 1.807) is 0 Å². The summed E-state index contributed by atoms with van der Waals surface area (Å²) in [5.74, 6) is 1.66. The lowest BCUT2D eigenvalue weighted by Gasteiger charge is -2.15. The van der Waals surface area contributed by atoms with E-state index in [9.17, 15) is 0 Å². The van der Waals surface area contributed by atoms with Crippen LogP contribution in [0.5, 0.6) is 11.5 Å². The van der Waals surface area contributed by atoms with Gasteiger partial charge in [0.05, 0.1) is 0 Å². The van der Waals surface area contributed by atoms with E-state index in [0.717, 1.165) is 42.7 Å². The van der Waals surface area contributed by atoms with Crippen molar-refractivity contribution < 1.29 is 4.74 Å². The number of benzene rings is 4. The van der Waals surface area contributed by atoms with Gasteiger partial charge in [-0.3, -0.25) is 0 Å². The van der Waals surface area contributed by atoms with Gasteiger partial charge in [0.25, 0.3) is 0 Å². The Labute approximate surface area is 175 Å². The van der Waals surface area contributed by atoms with Crippen molar-refractivity contribution in [2.75, 3.05) is 0 Å². The van der Waals surface area contributed by atoms with Gasteiger partial charge in [-0.15, -0.1) is 0 Å². The lowest BCUT2D eigenvalue weighted by atomic mass is 10.0. The highest BCUT2D eigenvalue weighted by Gasteiger charge is 2.11. The van der Waals surface area contributed by atoms with Crippen molar-refractivity contribution in [3.63, 3.8) is 0 Å². The molecule has 4 rings (SSSR count). The average molecular weight is 480 g/mol. The summed E-state index contributed by atoms with van der Waals surface area (Å²) in [6.07, 6.45) is 0. The second-order valence-electron chi connectivity index (χ2n) is 6.12. The van der Waals surface area contributed by atoms with Crippen LogP contribution in [0.4, 0.5) is 0 Å². The van der Waals surface area contributed by atoms with Gasteiger partial charge in [-0.2, -0.15) is 0 Å². The van der Waals surface area contributed by atoms with Crippen LogP contribution in [0.1, 0.15) is 0 Å². The molecule has 0 fully saturated rings. The zero-order valence-corrected chi connectivity index (χ0v) is 17.6. The number of rotatable bonds is 4. The van der Waals surface area contributed by atoms with E-state index in [4.69, 9.17) is 4.74 Å². The van der Waals surface area contributed by atoms with Crippen molar-refractivity contribution in [2.45, 2.75) is 0 Å². The minimum absolute atomic E-state index is 0.832. The third kappa shape index (κ3) is 4.15. The molecule has 0 bridgehead atoms. The quantitative estimate of drug-likeness (QED) is 0.285. The van der Waals surface area contributed by atoms with Crippen LogP contribution in [-0.4, -0.2) is 0 Å². The zero-order valence-electron chi connectivity index (χ0n) is 14.4. The van der Waals surface area contributed by atoms with Gasteiger partial charge in [-0.05, 0) is 47.5 Å². The highest BCUT2D eigenvalue weighted by molar-refractivity contribution is 9.10. The molecule has 0 heterocycles. The molecule has 4 aromatic carbocycles. The normalized spacial score (nSPS) is 10.6. The molecule has 0 unspecified atom stereocenters. The van der Waals surface area contributed by atoms with Crippen molar-refractivity contribution in [3.05, 3.63) is 106 Å². The van der Waals surface area contributed by atoms with Crippen LogP contribution in [0.25, 0.3) is 22.3 Å². The molecule has 0 saturated heterocycles. The van der Waals surface area contributed by atoms with Crippen molar-refractivity contribution in [1.82, 2.24) is 0 Å². The summed E-state index contributed by atoms with van der Waals surface area (Å²) in [4.78, 5) is 0. The second-order valence-corrected chi connectivity index (χ2v) is 7.95. The Morgan fingerprint density at radius 3 is 1.37 bits per heavy atom. The number of hydrogen-bond acceptors (Lipinski definition) is 1. The SMILES string of the molecule is Brc1cccc(-c2ccccc2Oc2ccccc2-c2cccc(Br)c2)c1. The largest absolute Gasteiger partial charge is 0.456 e. The molecule has 0 saturated carbocycles. The Hall–Kier alpha value is -2.36. The smallest absolute Gasteiger partial charge is 0.135 e. The number of ether oxygens (including phenoxy) is 1. The van der Waals surface area contributed by atoms with E-state index < -0.39 is 0 Å². The van der Waals surface area contributed by atoms with Gasteiger partial charge < -0.3 is 4.74 Å². The summed E-state index contributed by atoms with van der Waals surface area (Å²) in [5, 5.41) is 0. The zero-order chi connectivity index (χ0) is 18.6. The summed E-state index contributed by atoms with van der Waals surface area (Å²) in [6, 6.07) is 32.7. The Morgan fingerprint density at radius 2 is 0.926 bits per heavy atom. The van der Waals surface area contributed by atoms with E-state index in [1.165, 1.54) is 0 Å². The van der Waals surface area contributed by atoms with Crippen LogP contribution >= 0.6 is 31.9 Å². The van der Waals surface area contributed by atoms with Crippen molar-refractivity contribution in [3.8, 4) is 33.8 Å². The molecule has 1 nitrogen and oxygen atoms in total. The topological polar surface area (TPSA) is 9.23 Å². The molecule has 0 aliphatic carbocycles. The number of hydrogen-bond donors (Lipinski definition) is 0. The molecular weight excluding hydrogens is 464 g/mol. The highest BCUT2D eigenvalue weighted by Crippen LogP contribution is 2.38. The molecule has 4 aromatic rings. The number of para-hydroxylation sites is 2. The molecule has 0 amide bonds. The van der Waals surface area contributed by atoms with Crippen LogP contribution in [0, 0.1) is 0 Å². The standard InChI is InChI=1S/C24H16Br2O/c25-19-9-5-7-17(15-19)21-11-1-3-13-23(21)27-24-14-4-2-12-22(24)18-8-6-10-20(26)16-18/h1-16H. The maximum atomic E-state index is 6.40. The van der Waals surface area contributed by atoms with E-state index in [1.807, 2.05) is 60.7 Å². The third-order valence-corrected chi connectivity index (χ3v) is 5.25. The molecule has 0 radical (unpaired) electrons. The third-order valence-electron chi connectivity index (χ3n) is 4.27. The minimum atomic E-state index is 0.832. The molecule has 0 spiro atoms. The Balaban J connectivity index is 1.77. The second kappa shape index (κ2) is 8.12. The fourth-order valence-electron chi connectivity index (χ4n) is 3.02. The van der Waals surface area contributed by atoms with Crippen molar-refractivity contribution >= 4 is 31.9 Å². The summed E-state index contributed by atoms with van der Waals surface area (Å²) >= 11 is 7.11. The van der Waals surface area contributed by atoms with E-state index in [0.29, 0.717) is 0 Å². The highest BCUT2D eigenvalue weighted by atomic mass is 79.9. The molecule has 0 aliphatic heterocycles. The molecule has 0 N–H and O–H groups in total. The Bertz CT molecular complexity index is 1000. The fourth-order valence-corrected chi connectivity index (χ4v) is 3.82. The maximum absolute atomic E-state index is 6.40. The Kier molecular flexibility index (Phi) is 5.42. The van der Waals surface area contributed by atoms with Crippen LogP contribution in [0.3, 0.4) is 0 Å². The first-order valence-corrected chi connectivity index (χ1v) is 10.2. The molecular formula is C24H16Br2O. The first-order valence-electron chi connectivity index (χ1n) is 8.58. The first kappa shape index (κ1) is 18.0. The van der Waals surface area contributed by atoms with Gasteiger partial charge in [0.2, 0.25) is 0 Å². The van der Waals surface area contributed by atoms with Crippen LogP contribution in [0.2, 0.25) is 0 Å². The van der Waals surface area contributed by atoms with Crippen LogP contribution in [-0.2, 0) is 0 Å². The molecule has 0 atom stereocenters. The molecule has 0 aliphatic rings. The van der Waals surface area contributed by atoms with Crippen LogP contribution in [0.15, 0.2) is 106 Å². The van der Waals surface area contributed by atoms with E-state index in [2.05, 4.69) is 68.3 Å². The average Bonchev–Trinajstić information content (AvgIpc) is 2.69. The minimum Gasteiger partial charge on any atom is -0.456 e. The van der Waals surface area contributed by atoms with Gasteiger partial charge in [-0.1, -0.05) is 92.5 Å². The van der Waals surface area contributed by atoms with Gasteiger partial charge in [0.1, 0.15) is 11.5 Å². The predicted octanol–water partition coefficient (Wildman–Crippen LogP) is 8.34. The number of halogens is 2. The van der Waals surface area contributed by atoms with Gasteiger partial charge in [0, 0.05) is 20.1 Å². The van der Waals surface area contributed by atoms with Gasteiger partial charge >= 0.3 is 0 Å². The molecule has 0 aromatic heterocycles. The molecule has 3 heteroatoms. The monoisotopic (exact) mass is 478 g/mol. The lowest BCUT2D eigenvalue weighted by molar-refractivity contribution is 0.486. The van der Waals surface area contributed by atoms with Gasteiger partial charge in [0.15, 0.2) is 0 Å². The van der Waals surface area contributed by atoms with E-state index >= 15 is 0 Å². The van der Waals surface area contributed by atoms with Gasteiger partial charge in [-0.25, -0.2) is 0 Å². The van der Waals surface area contributed by atoms with Crippen molar-refractivity contribution in [1.29, 1.82) is 0 Å². The van der Waals surface area contributed by atoms with E-state index in [-0.39, 0.29) is 0 Å². The lowest BCUT2D eigenvalue weighted by Crippen LogP contribution is -1.91. The molecule has 132 valence electrons. The summed E-state index contributed by atoms with van der Waals surface area (Å²) in [7, 11) is 0. The summed E-state index contributed by atoms with van der Waals surface area (Å²) in [5.41, 5.74) is 4.34. The first-order chi connectivity index (χ1) is 13.2. The van der Waals surface area contributed by atoms with Crippen LogP contribution < -0.4 is 4.74 Å². The fraction of sp³-hybridized carbons (Fsp3) is 0. The maximum Gasteiger partial charge on any atom is 0.135 e. The molecule has 27 heavy (non-hydrogen) atoms. The van der Waals surface area contributed by atoms with Crippen molar-refractivity contribution in [2.24, 2.45) is 0 Å². The predicted molar refractivity (Wildman–Crippen MR) is 119 cm³/mol. The Morgan fingerprint density at radius 1 is 0.481 bits per heavy atom.